The van der Waals surface area contributed by atoms with Crippen LogP contribution in [0.25, 0.3) is 0 Å². The van der Waals surface area contributed by atoms with E-state index in [-0.39, 0.29) is 0 Å². The molecule has 0 radical (unpaired) electrons. The molecule has 0 aromatic rings. The summed E-state index contributed by atoms with van der Waals surface area (Å²) in [5.41, 5.74) is 0. The summed E-state index contributed by atoms with van der Waals surface area (Å²) in [5, 5.41) is 0. The van der Waals surface area contributed by atoms with Gasteiger partial charge in [0, 0.05) is 38.6 Å². The van der Waals surface area contributed by atoms with E-state index in [1.54, 1.807) is 0 Å². The Morgan fingerprint density at radius 3 is 2.15 bits per heavy atom. The van der Waals surface area contributed by atoms with E-state index in [4.69, 9.17) is 4.74 Å². The maximum atomic E-state index is 13.0. The second kappa shape index (κ2) is 10.2. The average Bonchev–Trinajstić information content (AvgIpc) is 2.66. The molecule has 0 bridgehead atoms. The van der Waals surface area contributed by atoms with Crippen molar-refractivity contribution in [1.82, 2.24) is 9.80 Å². The fraction of sp³-hybridized carbons (Fsp3) is 0.957. The number of nitrogens with zero attached hydrogens (tertiary/aromatic N) is 2. The van der Waals surface area contributed by atoms with Crippen molar-refractivity contribution in [2.45, 2.75) is 90.8 Å². The van der Waals surface area contributed by atoms with Crippen molar-refractivity contribution in [2.24, 2.45) is 17.8 Å². The highest BCUT2D eigenvalue weighted by Gasteiger charge is 2.32. The molecular weight excluding hydrogens is 336 g/mol. The van der Waals surface area contributed by atoms with Gasteiger partial charge in [0.05, 0.1) is 12.2 Å². The summed E-state index contributed by atoms with van der Waals surface area (Å²) >= 11 is 0. The van der Waals surface area contributed by atoms with Crippen LogP contribution in [-0.2, 0) is 9.53 Å². The number of unbranched alkanes of at least 4 members (excludes halogenated alkanes) is 1. The molecular formula is C23H42N2O2. The van der Waals surface area contributed by atoms with Crippen molar-refractivity contribution < 1.29 is 9.53 Å². The molecule has 0 aromatic carbocycles. The quantitative estimate of drug-likeness (QED) is 0.689. The molecule has 4 nitrogen and oxygen atoms in total. The molecule has 156 valence electrons. The Labute approximate surface area is 167 Å². The van der Waals surface area contributed by atoms with Gasteiger partial charge in [-0.2, -0.15) is 0 Å². The van der Waals surface area contributed by atoms with Crippen LogP contribution in [0.4, 0.5) is 0 Å². The summed E-state index contributed by atoms with van der Waals surface area (Å²) in [7, 11) is 0. The first-order valence-corrected chi connectivity index (χ1v) is 11.7. The lowest BCUT2D eigenvalue weighted by atomic mass is 9.79. The Hall–Kier alpha value is -0.610. The normalized spacial score (nSPS) is 34.0. The van der Waals surface area contributed by atoms with Gasteiger partial charge in [0.2, 0.25) is 5.91 Å². The molecule has 0 spiro atoms. The number of carbonyl (C=O) groups is 1. The highest BCUT2D eigenvalue weighted by Crippen LogP contribution is 2.33. The molecule has 2 atom stereocenters. The number of carbonyl (C=O) groups excluding carboxylic acids is 1. The van der Waals surface area contributed by atoms with Crippen LogP contribution in [0.3, 0.4) is 0 Å². The van der Waals surface area contributed by atoms with Crippen LogP contribution in [0.1, 0.15) is 78.6 Å². The fourth-order valence-corrected chi connectivity index (χ4v) is 5.58. The fourth-order valence-electron chi connectivity index (χ4n) is 5.58. The first kappa shape index (κ1) is 21.1. The highest BCUT2D eigenvalue weighted by atomic mass is 16.5. The van der Waals surface area contributed by atoms with Gasteiger partial charge < -0.3 is 9.64 Å². The van der Waals surface area contributed by atoms with E-state index in [0.29, 0.717) is 24.0 Å². The zero-order valence-corrected chi connectivity index (χ0v) is 18.0. The number of morpholine rings is 1. The van der Waals surface area contributed by atoms with Crippen molar-refractivity contribution in [2.75, 3.05) is 32.7 Å². The summed E-state index contributed by atoms with van der Waals surface area (Å²) in [4.78, 5) is 17.7. The number of amides is 1. The topological polar surface area (TPSA) is 32.8 Å². The van der Waals surface area contributed by atoms with Crippen molar-refractivity contribution in [1.29, 1.82) is 0 Å². The van der Waals surface area contributed by atoms with Crippen molar-refractivity contribution in [3.8, 4) is 0 Å². The largest absolute Gasteiger partial charge is 0.373 e. The third-order valence-corrected chi connectivity index (χ3v) is 7.10. The van der Waals surface area contributed by atoms with E-state index in [0.717, 1.165) is 50.9 Å². The molecule has 3 fully saturated rings. The Bertz CT molecular complexity index is 443. The minimum Gasteiger partial charge on any atom is -0.373 e. The zero-order valence-electron chi connectivity index (χ0n) is 18.0. The smallest absolute Gasteiger partial charge is 0.225 e. The van der Waals surface area contributed by atoms with Gasteiger partial charge in [0.1, 0.15) is 0 Å². The molecule has 27 heavy (non-hydrogen) atoms. The van der Waals surface area contributed by atoms with E-state index in [9.17, 15) is 4.79 Å². The first-order chi connectivity index (χ1) is 13.0. The molecule has 1 amide bonds. The highest BCUT2D eigenvalue weighted by molar-refractivity contribution is 5.79. The standard InChI is InChI=1S/C23H42N2O2/c1-4-5-6-20-7-9-22(10-8-20)23(26)25-13-11-21(12-14-25)17-24-15-18(2)27-19(3)16-24/h18-22H,4-17H2,1-3H3. The Kier molecular flexibility index (Phi) is 8.01. The Morgan fingerprint density at radius 1 is 0.926 bits per heavy atom. The summed E-state index contributed by atoms with van der Waals surface area (Å²) in [6.07, 6.45) is 11.9. The van der Waals surface area contributed by atoms with E-state index in [1.165, 1.54) is 51.5 Å². The molecule has 0 N–H and O–H groups in total. The lowest BCUT2D eigenvalue weighted by Crippen LogP contribution is -2.49. The molecule has 3 rings (SSSR count). The van der Waals surface area contributed by atoms with E-state index >= 15 is 0 Å². The van der Waals surface area contributed by atoms with Crippen LogP contribution < -0.4 is 0 Å². The van der Waals surface area contributed by atoms with Gasteiger partial charge in [-0.25, -0.2) is 0 Å². The number of hydrogen-bond acceptors (Lipinski definition) is 3. The monoisotopic (exact) mass is 378 g/mol. The maximum Gasteiger partial charge on any atom is 0.225 e. The lowest BCUT2D eigenvalue weighted by molar-refractivity contribution is -0.138. The van der Waals surface area contributed by atoms with Crippen LogP contribution in [-0.4, -0.2) is 60.6 Å². The van der Waals surface area contributed by atoms with Crippen molar-refractivity contribution in [3.63, 3.8) is 0 Å². The van der Waals surface area contributed by atoms with Crippen LogP contribution in [0.2, 0.25) is 0 Å². The zero-order chi connectivity index (χ0) is 19.2. The summed E-state index contributed by atoms with van der Waals surface area (Å²) in [6.45, 7) is 11.9. The van der Waals surface area contributed by atoms with Crippen LogP contribution in [0.5, 0.6) is 0 Å². The summed E-state index contributed by atoms with van der Waals surface area (Å²) in [5.74, 6) is 2.42. The number of ether oxygens (including phenoxy) is 1. The SMILES string of the molecule is CCCCC1CCC(C(=O)N2CCC(CN3CC(C)OC(C)C3)CC2)CC1. The van der Waals surface area contributed by atoms with Crippen molar-refractivity contribution >= 4 is 5.91 Å². The van der Waals surface area contributed by atoms with Gasteiger partial charge in [-0.15, -0.1) is 0 Å². The third kappa shape index (κ3) is 6.19. The lowest BCUT2D eigenvalue weighted by Gasteiger charge is -2.40. The molecule has 2 saturated heterocycles. The van der Waals surface area contributed by atoms with E-state index in [2.05, 4.69) is 30.6 Å². The van der Waals surface area contributed by atoms with Gasteiger partial charge in [0.15, 0.2) is 0 Å². The maximum absolute atomic E-state index is 13.0. The molecule has 2 aliphatic heterocycles. The van der Waals surface area contributed by atoms with E-state index in [1.807, 2.05) is 0 Å². The van der Waals surface area contributed by atoms with Gasteiger partial charge in [0.25, 0.3) is 0 Å². The second-order valence-electron chi connectivity index (χ2n) is 9.60. The van der Waals surface area contributed by atoms with Gasteiger partial charge >= 0.3 is 0 Å². The molecule has 1 aliphatic carbocycles. The Morgan fingerprint density at radius 2 is 1.56 bits per heavy atom. The second-order valence-corrected chi connectivity index (χ2v) is 9.60. The number of rotatable bonds is 6. The number of hydrogen-bond donors (Lipinski definition) is 0. The van der Waals surface area contributed by atoms with Gasteiger partial charge in [-0.05, 0) is 64.2 Å². The Balaban J connectivity index is 1.37. The molecule has 2 heterocycles. The number of piperidine rings is 1. The molecule has 1 saturated carbocycles. The molecule has 4 heteroatoms. The predicted molar refractivity (Wildman–Crippen MR) is 111 cm³/mol. The molecule has 3 aliphatic rings. The van der Waals surface area contributed by atoms with Crippen LogP contribution in [0, 0.1) is 17.8 Å². The average molecular weight is 379 g/mol. The van der Waals surface area contributed by atoms with Crippen molar-refractivity contribution in [3.05, 3.63) is 0 Å². The van der Waals surface area contributed by atoms with Crippen LogP contribution >= 0.6 is 0 Å². The first-order valence-electron chi connectivity index (χ1n) is 11.7. The summed E-state index contributed by atoms with van der Waals surface area (Å²) in [6, 6.07) is 0. The third-order valence-electron chi connectivity index (χ3n) is 7.10. The minimum absolute atomic E-state index is 0.320. The molecule has 2 unspecified atom stereocenters. The molecule has 0 aromatic heterocycles. The minimum atomic E-state index is 0.320. The predicted octanol–water partition coefficient (Wildman–Crippen LogP) is 4.33. The van der Waals surface area contributed by atoms with Gasteiger partial charge in [-0.3, -0.25) is 9.69 Å². The summed E-state index contributed by atoms with van der Waals surface area (Å²) < 4.78 is 5.86. The number of likely N-dealkylation sites (tertiary alicyclic amines) is 1. The van der Waals surface area contributed by atoms with Gasteiger partial charge in [-0.1, -0.05) is 26.2 Å². The van der Waals surface area contributed by atoms with E-state index < -0.39 is 0 Å². The van der Waals surface area contributed by atoms with Crippen LogP contribution in [0.15, 0.2) is 0 Å².